The lowest BCUT2D eigenvalue weighted by atomic mass is 9.79. The smallest absolute Gasteiger partial charge is 0.341 e. The molecule has 0 aliphatic carbocycles. The number of carboxylic acids is 1. The third-order valence-corrected chi connectivity index (χ3v) is 6.05. The molecular weight excluding hydrogens is 380 g/mol. The summed E-state index contributed by atoms with van der Waals surface area (Å²) in [5.41, 5.74) is 3.69. The maximum Gasteiger partial charge on any atom is 0.341 e. The molecule has 0 saturated carbocycles. The summed E-state index contributed by atoms with van der Waals surface area (Å²) in [6.45, 7) is 7.06. The molecule has 4 heterocycles. The van der Waals surface area contributed by atoms with Crippen molar-refractivity contribution in [1.29, 1.82) is 0 Å². The lowest BCUT2D eigenvalue weighted by Gasteiger charge is -2.37. The maximum absolute atomic E-state index is 12.5. The summed E-state index contributed by atoms with van der Waals surface area (Å²) in [7, 11) is 0. The van der Waals surface area contributed by atoms with Crippen LogP contribution in [0.5, 0.6) is 0 Å². The van der Waals surface area contributed by atoms with Crippen LogP contribution in [0.4, 0.5) is 0 Å². The van der Waals surface area contributed by atoms with Gasteiger partial charge in [0.05, 0.1) is 12.2 Å². The molecule has 0 spiro atoms. The molecule has 30 heavy (non-hydrogen) atoms. The van der Waals surface area contributed by atoms with Crippen LogP contribution in [-0.4, -0.2) is 28.4 Å². The van der Waals surface area contributed by atoms with Gasteiger partial charge in [0, 0.05) is 35.5 Å². The molecule has 1 aromatic carbocycles. The first-order chi connectivity index (χ1) is 14.2. The maximum atomic E-state index is 12.5. The Morgan fingerprint density at radius 3 is 2.73 bits per heavy atom. The molecule has 1 atom stereocenters. The van der Waals surface area contributed by atoms with Crippen LogP contribution < -0.4 is 5.43 Å². The van der Waals surface area contributed by atoms with Gasteiger partial charge in [-0.1, -0.05) is 39.0 Å². The summed E-state index contributed by atoms with van der Waals surface area (Å²) in [5.74, 6) is -0.569. The Kier molecular flexibility index (Phi) is 3.90. The van der Waals surface area contributed by atoms with Gasteiger partial charge < -0.3 is 14.1 Å². The fourth-order valence-corrected chi connectivity index (χ4v) is 4.45. The van der Waals surface area contributed by atoms with Gasteiger partial charge >= 0.3 is 5.97 Å². The van der Waals surface area contributed by atoms with E-state index < -0.39 is 11.4 Å². The molecule has 0 unspecified atom stereocenters. The SMILES string of the molecule is CC(C)(C)[C@@H]1Cc2c(oc3cc(C4=CCN=C4)ccc23)-c2cc(=O)c(C(=O)O)cn21. The second-order valence-corrected chi connectivity index (χ2v) is 9.01. The Bertz CT molecular complexity index is 1330. The summed E-state index contributed by atoms with van der Waals surface area (Å²) in [4.78, 5) is 28.3. The molecule has 2 aliphatic heterocycles. The standard InChI is InChI=1S/C24H22N2O4/c1-24(2,3)21-9-16-15-5-4-13(14-6-7-25-11-14)8-20(15)30-22(16)18-10-19(27)17(23(28)29)12-26(18)21/h4-6,8,10-12,21H,7,9H2,1-3H3,(H,28,29)/t21-/m0/s1. The summed E-state index contributed by atoms with van der Waals surface area (Å²) in [5, 5.41) is 10.5. The van der Waals surface area contributed by atoms with Crippen molar-refractivity contribution in [3.63, 3.8) is 0 Å². The van der Waals surface area contributed by atoms with Gasteiger partial charge in [0.15, 0.2) is 11.2 Å². The van der Waals surface area contributed by atoms with Crippen molar-refractivity contribution in [2.24, 2.45) is 10.4 Å². The number of fused-ring (bicyclic) bond motifs is 5. The second kappa shape index (κ2) is 6.29. The molecular formula is C24H22N2O4. The van der Waals surface area contributed by atoms with E-state index in [1.807, 2.05) is 16.8 Å². The highest BCUT2D eigenvalue weighted by Gasteiger charge is 2.36. The van der Waals surface area contributed by atoms with Gasteiger partial charge in [-0.2, -0.15) is 0 Å². The number of carboxylic acid groups (broad SMARTS) is 1. The molecule has 0 radical (unpaired) electrons. The van der Waals surface area contributed by atoms with Crippen molar-refractivity contribution in [1.82, 2.24) is 4.57 Å². The molecule has 0 saturated heterocycles. The molecule has 0 bridgehead atoms. The third-order valence-electron chi connectivity index (χ3n) is 6.05. The lowest BCUT2D eigenvalue weighted by Crippen LogP contribution is -2.32. The number of aliphatic imine (C=N–C) groups is 1. The second-order valence-electron chi connectivity index (χ2n) is 9.01. The largest absolute Gasteiger partial charge is 0.477 e. The van der Waals surface area contributed by atoms with Crippen LogP contribution in [-0.2, 0) is 6.42 Å². The predicted molar refractivity (Wildman–Crippen MR) is 116 cm³/mol. The zero-order valence-electron chi connectivity index (χ0n) is 17.1. The number of benzene rings is 1. The van der Waals surface area contributed by atoms with Crippen molar-refractivity contribution in [3.8, 4) is 11.5 Å². The van der Waals surface area contributed by atoms with Crippen LogP contribution in [0.25, 0.3) is 28.0 Å². The molecule has 0 amide bonds. The van der Waals surface area contributed by atoms with Gasteiger partial charge in [-0.25, -0.2) is 4.79 Å². The van der Waals surface area contributed by atoms with Gasteiger partial charge in [0.1, 0.15) is 11.1 Å². The Morgan fingerprint density at radius 1 is 1.27 bits per heavy atom. The van der Waals surface area contributed by atoms with E-state index in [-0.39, 0.29) is 17.0 Å². The number of carbonyl (C=O) groups is 1. The number of allylic oxidation sites excluding steroid dienone is 1. The minimum Gasteiger partial charge on any atom is -0.477 e. The minimum atomic E-state index is -1.21. The van der Waals surface area contributed by atoms with Crippen LogP contribution >= 0.6 is 0 Å². The Balaban J connectivity index is 1.76. The number of hydrogen-bond donors (Lipinski definition) is 1. The fraction of sp³-hybridized carbons (Fsp3) is 0.292. The zero-order valence-corrected chi connectivity index (χ0v) is 17.1. The first kappa shape index (κ1) is 18.6. The van der Waals surface area contributed by atoms with E-state index in [1.54, 1.807) is 0 Å². The lowest BCUT2D eigenvalue weighted by molar-refractivity contribution is 0.0693. The highest BCUT2D eigenvalue weighted by Crippen LogP contribution is 2.46. The predicted octanol–water partition coefficient (Wildman–Crippen LogP) is 4.57. The molecule has 2 aliphatic rings. The van der Waals surface area contributed by atoms with Gasteiger partial charge in [-0.05, 0) is 29.0 Å². The van der Waals surface area contributed by atoms with Crippen LogP contribution in [0, 0.1) is 5.41 Å². The molecule has 0 fully saturated rings. The highest BCUT2D eigenvalue weighted by atomic mass is 16.4. The molecule has 3 aromatic rings. The average Bonchev–Trinajstić information content (AvgIpc) is 3.33. The van der Waals surface area contributed by atoms with Gasteiger partial charge in [0.25, 0.3) is 0 Å². The van der Waals surface area contributed by atoms with E-state index in [4.69, 9.17) is 4.42 Å². The number of hydrogen-bond acceptors (Lipinski definition) is 4. The number of furan rings is 1. The van der Waals surface area contributed by atoms with Crippen molar-refractivity contribution >= 4 is 28.7 Å². The van der Waals surface area contributed by atoms with E-state index >= 15 is 0 Å². The Labute approximate surface area is 173 Å². The zero-order chi connectivity index (χ0) is 21.2. The van der Waals surface area contributed by atoms with Gasteiger partial charge in [0.2, 0.25) is 0 Å². The van der Waals surface area contributed by atoms with Crippen molar-refractivity contribution in [2.75, 3.05) is 6.54 Å². The summed E-state index contributed by atoms with van der Waals surface area (Å²) >= 11 is 0. The topological polar surface area (TPSA) is 84.8 Å². The molecule has 6 nitrogen and oxygen atoms in total. The van der Waals surface area contributed by atoms with Gasteiger partial charge in [-0.15, -0.1) is 0 Å². The Morgan fingerprint density at radius 2 is 2.07 bits per heavy atom. The first-order valence-corrected chi connectivity index (χ1v) is 9.99. The minimum absolute atomic E-state index is 0.0103. The molecule has 6 heteroatoms. The monoisotopic (exact) mass is 402 g/mol. The van der Waals surface area contributed by atoms with E-state index in [0.29, 0.717) is 24.4 Å². The molecule has 152 valence electrons. The average molecular weight is 402 g/mol. The van der Waals surface area contributed by atoms with E-state index in [0.717, 1.165) is 27.7 Å². The quantitative estimate of drug-likeness (QED) is 0.680. The van der Waals surface area contributed by atoms with Crippen LogP contribution in [0.15, 0.2) is 50.7 Å². The number of rotatable bonds is 2. The summed E-state index contributed by atoms with van der Waals surface area (Å²) in [6.07, 6.45) is 6.10. The number of nitrogens with zero attached hydrogens (tertiary/aromatic N) is 2. The fourth-order valence-electron chi connectivity index (χ4n) is 4.45. The van der Waals surface area contributed by atoms with Crippen LogP contribution in [0.3, 0.4) is 0 Å². The van der Waals surface area contributed by atoms with Crippen molar-refractivity contribution in [2.45, 2.75) is 33.2 Å². The normalized spacial score (nSPS) is 17.7. The van der Waals surface area contributed by atoms with Crippen molar-refractivity contribution < 1.29 is 14.3 Å². The number of pyridine rings is 1. The van der Waals surface area contributed by atoms with Crippen molar-refractivity contribution in [3.05, 3.63) is 63.5 Å². The number of aromatic nitrogens is 1. The Hall–Kier alpha value is -3.41. The van der Waals surface area contributed by atoms with Crippen LogP contribution in [0.1, 0.15) is 48.3 Å². The number of aromatic carboxylic acids is 1. The third kappa shape index (κ3) is 2.75. The first-order valence-electron chi connectivity index (χ1n) is 9.99. The van der Waals surface area contributed by atoms with E-state index in [9.17, 15) is 14.7 Å². The summed E-state index contributed by atoms with van der Waals surface area (Å²) < 4.78 is 8.16. The van der Waals surface area contributed by atoms with Crippen LogP contribution in [0.2, 0.25) is 0 Å². The molecule has 1 N–H and O–H groups in total. The molecule has 2 aromatic heterocycles. The molecule has 5 rings (SSSR count). The highest BCUT2D eigenvalue weighted by molar-refractivity contribution is 6.12. The van der Waals surface area contributed by atoms with E-state index in [2.05, 4.69) is 44.0 Å². The van der Waals surface area contributed by atoms with Gasteiger partial charge in [-0.3, -0.25) is 9.79 Å². The summed E-state index contributed by atoms with van der Waals surface area (Å²) in [6, 6.07) is 7.54. The van der Waals surface area contributed by atoms with E-state index in [1.165, 1.54) is 12.3 Å².